The molecule has 1 aliphatic rings. The van der Waals surface area contributed by atoms with Crippen LogP contribution in [0, 0.1) is 5.41 Å². The summed E-state index contributed by atoms with van der Waals surface area (Å²) in [5, 5.41) is 28.8. The second-order valence-corrected chi connectivity index (χ2v) is 6.74. The molecule has 1 fully saturated rings. The lowest BCUT2D eigenvalue weighted by Gasteiger charge is -2.21. The maximum absolute atomic E-state index is 12.2. The van der Waals surface area contributed by atoms with Crippen LogP contribution in [-0.2, 0) is 19.1 Å². The van der Waals surface area contributed by atoms with Gasteiger partial charge in [0.25, 0.3) is 0 Å². The van der Waals surface area contributed by atoms with E-state index in [1.807, 2.05) is 6.92 Å². The third kappa shape index (κ3) is 4.82. The van der Waals surface area contributed by atoms with Crippen LogP contribution in [-0.4, -0.2) is 69.0 Å². The van der Waals surface area contributed by atoms with E-state index in [9.17, 15) is 19.8 Å². The van der Waals surface area contributed by atoms with Crippen LogP contribution in [0.5, 0.6) is 0 Å². The van der Waals surface area contributed by atoms with Crippen LogP contribution in [0.1, 0.15) is 27.0 Å². The Kier molecular flexibility index (Phi) is 6.89. The van der Waals surface area contributed by atoms with E-state index in [0.29, 0.717) is 6.61 Å². The van der Waals surface area contributed by atoms with E-state index >= 15 is 0 Å². The summed E-state index contributed by atoms with van der Waals surface area (Å²) in [6, 6.07) is 1.33. The minimum absolute atomic E-state index is 0.0245. The van der Waals surface area contributed by atoms with Crippen molar-refractivity contribution >= 4 is 11.8 Å². The van der Waals surface area contributed by atoms with Crippen molar-refractivity contribution in [3.63, 3.8) is 0 Å². The van der Waals surface area contributed by atoms with Crippen LogP contribution >= 0.6 is 0 Å². The summed E-state index contributed by atoms with van der Waals surface area (Å²) in [7, 11) is 0. The highest BCUT2D eigenvalue weighted by Gasteiger charge is 2.43. The third-order valence-corrected chi connectivity index (χ3v) is 4.09. The normalized spacial score (nSPS) is 25.4. The van der Waals surface area contributed by atoms with E-state index in [0.717, 1.165) is 4.57 Å². The molecule has 1 saturated heterocycles. The van der Waals surface area contributed by atoms with Crippen molar-refractivity contribution in [3.05, 3.63) is 22.7 Å². The van der Waals surface area contributed by atoms with Crippen LogP contribution in [0.4, 0.5) is 5.82 Å². The van der Waals surface area contributed by atoms with Gasteiger partial charge < -0.3 is 29.6 Å². The number of hydrogen-bond acceptors (Lipinski definition) is 10. The topological polar surface area (TPSA) is 152 Å². The van der Waals surface area contributed by atoms with Gasteiger partial charge in [0, 0.05) is 18.9 Å². The molecule has 4 N–H and O–H groups in total. The molecule has 1 aliphatic heterocycles. The number of carbonyl (C=O) groups is 1. The van der Waals surface area contributed by atoms with Gasteiger partial charge in [-0.25, -0.2) is 15.1 Å². The van der Waals surface area contributed by atoms with Gasteiger partial charge in [-0.05, 0) is 20.8 Å². The molecule has 4 atom stereocenters. The maximum atomic E-state index is 12.2. The summed E-state index contributed by atoms with van der Waals surface area (Å²) in [4.78, 5) is 32.9. The predicted molar refractivity (Wildman–Crippen MR) is 91.5 cm³/mol. The quantitative estimate of drug-likeness (QED) is 0.400. The minimum Gasteiger partial charge on any atom is -0.394 e. The molecule has 11 nitrogen and oxygen atoms in total. The number of carbonyl (C=O) groups excluding carboxylic acids is 1. The smallest absolute Gasteiger partial charge is 0.351 e. The summed E-state index contributed by atoms with van der Waals surface area (Å²) in [6.07, 6.45) is -3.69. The lowest BCUT2D eigenvalue weighted by Crippen LogP contribution is -2.36. The Hall–Kier alpha value is -2.05. The van der Waals surface area contributed by atoms with Crippen LogP contribution in [0.15, 0.2) is 17.1 Å². The number of hydrogen-bond donors (Lipinski definition) is 4. The van der Waals surface area contributed by atoms with Crippen molar-refractivity contribution in [3.8, 4) is 0 Å². The second kappa shape index (κ2) is 8.76. The molecule has 1 aromatic heterocycles. The summed E-state index contributed by atoms with van der Waals surface area (Å²) >= 11 is 0. The first-order valence-electron chi connectivity index (χ1n) is 8.48. The van der Waals surface area contributed by atoms with Crippen molar-refractivity contribution in [2.75, 3.05) is 25.3 Å². The van der Waals surface area contributed by atoms with E-state index in [2.05, 4.69) is 10.5 Å². The van der Waals surface area contributed by atoms with Gasteiger partial charge in [0.2, 0.25) is 0 Å². The monoisotopic (exact) mass is 387 g/mol. The number of nitrogens with zero attached hydrogens (tertiary/aromatic N) is 2. The molecule has 0 spiro atoms. The minimum atomic E-state index is -1.40. The van der Waals surface area contributed by atoms with E-state index in [-0.39, 0.29) is 12.4 Å². The molecule has 0 bridgehead atoms. The maximum Gasteiger partial charge on any atom is 0.351 e. The van der Waals surface area contributed by atoms with Gasteiger partial charge in [0.05, 0.1) is 18.6 Å². The number of aromatic nitrogens is 2. The molecule has 0 unspecified atom stereocenters. The van der Waals surface area contributed by atoms with Crippen LogP contribution in [0.2, 0.25) is 0 Å². The highest BCUT2D eigenvalue weighted by Crippen LogP contribution is 2.28. The standard InChI is InChI=1S/C16H25N3O8/c1-4-25-8-16(2,3)14(23)27-18-10-5-6-19(15(24)17-10)13-12(22)11(21)9(7-20)26-13/h5-6,9,11-13,20-22H,4,7-8H2,1-3H3,(H,17,18,24)/t9-,11-,12-,13-/m1/s1. The van der Waals surface area contributed by atoms with Gasteiger partial charge in [-0.15, -0.1) is 0 Å². The second-order valence-electron chi connectivity index (χ2n) is 6.74. The van der Waals surface area contributed by atoms with Gasteiger partial charge in [-0.2, -0.15) is 4.98 Å². The van der Waals surface area contributed by atoms with Crippen LogP contribution in [0.25, 0.3) is 0 Å². The van der Waals surface area contributed by atoms with Crippen LogP contribution in [0.3, 0.4) is 0 Å². The van der Waals surface area contributed by atoms with E-state index in [1.165, 1.54) is 12.3 Å². The molecule has 0 radical (unpaired) electrons. The molecular formula is C16H25N3O8. The number of aliphatic hydroxyl groups excluding tert-OH is 3. The lowest BCUT2D eigenvalue weighted by molar-refractivity contribution is -0.154. The van der Waals surface area contributed by atoms with Gasteiger partial charge in [0.1, 0.15) is 18.3 Å². The zero-order valence-electron chi connectivity index (χ0n) is 15.4. The van der Waals surface area contributed by atoms with Gasteiger partial charge in [-0.3, -0.25) is 4.57 Å². The lowest BCUT2D eigenvalue weighted by atomic mass is 9.95. The Morgan fingerprint density at radius 2 is 2.11 bits per heavy atom. The van der Waals surface area contributed by atoms with E-state index in [4.69, 9.17) is 19.4 Å². The molecule has 152 valence electrons. The number of anilines is 1. The van der Waals surface area contributed by atoms with Gasteiger partial charge >= 0.3 is 11.7 Å². The zero-order valence-corrected chi connectivity index (χ0v) is 15.4. The molecule has 1 aromatic rings. The van der Waals surface area contributed by atoms with Crippen molar-refractivity contribution in [2.45, 2.75) is 45.3 Å². The largest absolute Gasteiger partial charge is 0.394 e. The number of aliphatic hydroxyl groups is 3. The first-order valence-corrected chi connectivity index (χ1v) is 8.48. The molecule has 0 saturated carbocycles. The Morgan fingerprint density at radius 3 is 2.67 bits per heavy atom. The molecule has 2 heterocycles. The molecule has 11 heteroatoms. The molecule has 27 heavy (non-hydrogen) atoms. The van der Waals surface area contributed by atoms with E-state index < -0.39 is 48.2 Å². The summed E-state index contributed by atoms with van der Waals surface area (Å²) in [5.41, 5.74) is 0.604. The van der Waals surface area contributed by atoms with Crippen molar-refractivity contribution in [2.24, 2.45) is 5.41 Å². The first kappa shape index (κ1) is 21.3. The fraction of sp³-hybridized carbons (Fsp3) is 0.688. The van der Waals surface area contributed by atoms with Crippen molar-refractivity contribution < 1.29 is 34.4 Å². The molecular weight excluding hydrogens is 362 g/mol. The van der Waals surface area contributed by atoms with E-state index in [1.54, 1.807) is 13.8 Å². The number of nitrogens with one attached hydrogen (secondary N) is 1. The fourth-order valence-electron chi connectivity index (χ4n) is 2.43. The predicted octanol–water partition coefficient (Wildman–Crippen LogP) is -1.21. The molecule has 2 rings (SSSR count). The number of rotatable bonds is 8. The summed E-state index contributed by atoms with van der Waals surface area (Å²) in [5.74, 6) is -0.617. The fourth-order valence-corrected chi connectivity index (χ4v) is 2.43. The average Bonchev–Trinajstić information content (AvgIpc) is 2.92. The molecule has 0 aliphatic carbocycles. The van der Waals surface area contributed by atoms with Crippen molar-refractivity contribution in [1.82, 2.24) is 9.55 Å². The van der Waals surface area contributed by atoms with Gasteiger partial charge in [0.15, 0.2) is 12.0 Å². The summed E-state index contributed by atoms with van der Waals surface area (Å²) < 4.78 is 11.5. The van der Waals surface area contributed by atoms with Crippen LogP contribution < -0.4 is 11.2 Å². The summed E-state index contributed by atoms with van der Waals surface area (Å²) in [6.45, 7) is 5.24. The van der Waals surface area contributed by atoms with Gasteiger partial charge in [-0.1, -0.05) is 0 Å². The Labute approximate surface area is 155 Å². The number of ether oxygens (including phenoxy) is 2. The average molecular weight is 387 g/mol. The highest BCUT2D eigenvalue weighted by molar-refractivity contribution is 5.76. The van der Waals surface area contributed by atoms with Crippen molar-refractivity contribution in [1.29, 1.82) is 0 Å². The molecule has 0 amide bonds. The third-order valence-electron chi connectivity index (χ3n) is 4.09. The Bertz CT molecular complexity index is 707. The zero-order chi connectivity index (χ0) is 20.2. The Balaban J connectivity index is 2.03. The SMILES string of the molecule is CCOCC(C)(C)C(=O)ONc1ccn([C@@H]2O[C@H](CO)[C@@H](O)[C@H]2O)c(=O)n1. The molecule has 0 aromatic carbocycles. The Morgan fingerprint density at radius 1 is 1.41 bits per heavy atom. The highest BCUT2D eigenvalue weighted by atomic mass is 16.7. The first-order chi connectivity index (χ1) is 12.7.